The zero-order valence-corrected chi connectivity index (χ0v) is 8.26. The molecule has 0 fully saturated rings. The number of rotatable bonds is 1. The van der Waals surface area contributed by atoms with Crippen molar-refractivity contribution in [3.8, 4) is 0 Å². The number of H-pyrrole nitrogens is 1. The number of carbonyl (C=O) groups is 1. The van der Waals surface area contributed by atoms with Crippen LogP contribution in [-0.4, -0.2) is 10.9 Å². The molecule has 4 heteroatoms. The average Bonchev–Trinajstić information content (AvgIpc) is 2.49. The molecule has 1 amide bonds. The molecular weight excluding hydrogens is 232 g/mol. The summed E-state index contributed by atoms with van der Waals surface area (Å²) in [5.74, 6) is -0.442. The van der Waals surface area contributed by atoms with Crippen LogP contribution >= 0.6 is 15.9 Å². The third-order valence-corrected chi connectivity index (χ3v) is 2.53. The molecule has 0 aliphatic carbocycles. The number of hydrogen-bond donors (Lipinski definition) is 2. The summed E-state index contributed by atoms with van der Waals surface area (Å²) in [5.41, 5.74) is 6.47. The molecule has 0 saturated carbocycles. The van der Waals surface area contributed by atoms with Crippen molar-refractivity contribution in [1.29, 1.82) is 0 Å². The first-order valence-electron chi connectivity index (χ1n) is 3.75. The average molecular weight is 239 g/mol. The SMILES string of the molecule is NC(=O)c1cc2cccc(Br)c2[nH]1. The highest BCUT2D eigenvalue weighted by Crippen LogP contribution is 2.23. The maximum atomic E-state index is 10.9. The summed E-state index contributed by atoms with van der Waals surface area (Å²) in [6.45, 7) is 0. The van der Waals surface area contributed by atoms with Gasteiger partial charge in [-0.15, -0.1) is 0 Å². The monoisotopic (exact) mass is 238 g/mol. The van der Waals surface area contributed by atoms with Crippen molar-refractivity contribution in [2.45, 2.75) is 0 Å². The Balaban J connectivity index is 2.75. The molecule has 0 spiro atoms. The molecule has 1 aromatic carbocycles. The first kappa shape index (κ1) is 8.31. The van der Waals surface area contributed by atoms with Crippen molar-refractivity contribution in [1.82, 2.24) is 4.98 Å². The Bertz CT molecular complexity index is 475. The van der Waals surface area contributed by atoms with Crippen molar-refractivity contribution in [3.05, 3.63) is 34.4 Å². The van der Waals surface area contributed by atoms with E-state index in [4.69, 9.17) is 5.73 Å². The van der Waals surface area contributed by atoms with E-state index in [2.05, 4.69) is 20.9 Å². The van der Waals surface area contributed by atoms with Crippen LogP contribution in [0.25, 0.3) is 10.9 Å². The number of aromatic nitrogens is 1. The number of aromatic amines is 1. The highest BCUT2D eigenvalue weighted by atomic mass is 79.9. The zero-order chi connectivity index (χ0) is 9.42. The second kappa shape index (κ2) is 2.88. The summed E-state index contributed by atoms with van der Waals surface area (Å²) >= 11 is 3.38. The van der Waals surface area contributed by atoms with Crippen LogP contribution < -0.4 is 5.73 Å². The van der Waals surface area contributed by atoms with Crippen LogP contribution in [0.2, 0.25) is 0 Å². The van der Waals surface area contributed by atoms with Crippen LogP contribution in [0.15, 0.2) is 28.7 Å². The van der Waals surface area contributed by atoms with Crippen molar-refractivity contribution in [2.24, 2.45) is 5.73 Å². The van der Waals surface area contributed by atoms with E-state index in [1.54, 1.807) is 6.07 Å². The number of hydrogen-bond acceptors (Lipinski definition) is 1. The number of carbonyl (C=O) groups excluding carboxylic acids is 1. The molecule has 1 aromatic heterocycles. The minimum atomic E-state index is -0.442. The van der Waals surface area contributed by atoms with Gasteiger partial charge in [-0.2, -0.15) is 0 Å². The van der Waals surface area contributed by atoms with Gasteiger partial charge < -0.3 is 10.7 Å². The van der Waals surface area contributed by atoms with E-state index in [1.807, 2.05) is 18.2 Å². The maximum Gasteiger partial charge on any atom is 0.265 e. The highest BCUT2D eigenvalue weighted by Gasteiger charge is 2.06. The van der Waals surface area contributed by atoms with Gasteiger partial charge in [-0.05, 0) is 28.1 Å². The lowest BCUT2D eigenvalue weighted by Crippen LogP contribution is -2.10. The molecule has 2 rings (SSSR count). The highest BCUT2D eigenvalue weighted by molar-refractivity contribution is 9.10. The molecule has 0 atom stereocenters. The van der Waals surface area contributed by atoms with Crippen LogP contribution in [0.4, 0.5) is 0 Å². The third kappa shape index (κ3) is 1.33. The first-order chi connectivity index (χ1) is 6.18. The quantitative estimate of drug-likeness (QED) is 0.785. The summed E-state index contributed by atoms with van der Waals surface area (Å²) in [6.07, 6.45) is 0. The summed E-state index contributed by atoms with van der Waals surface area (Å²) in [7, 11) is 0. The van der Waals surface area contributed by atoms with Gasteiger partial charge in [0, 0.05) is 9.86 Å². The molecule has 0 aliphatic heterocycles. The second-order valence-electron chi connectivity index (χ2n) is 2.75. The predicted octanol–water partition coefficient (Wildman–Crippen LogP) is 2.03. The first-order valence-corrected chi connectivity index (χ1v) is 4.55. The van der Waals surface area contributed by atoms with Gasteiger partial charge in [0.25, 0.3) is 5.91 Å². The van der Waals surface area contributed by atoms with Gasteiger partial charge in [-0.25, -0.2) is 0 Å². The molecule has 3 N–H and O–H groups in total. The van der Waals surface area contributed by atoms with Gasteiger partial charge in [-0.3, -0.25) is 4.79 Å². The Labute approximate surface area is 83.1 Å². The topological polar surface area (TPSA) is 58.9 Å². The number of primary amides is 1. The van der Waals surface area contributed by atoms with Crippen LogP contribution in [0, 0.1) is 0 Å². The Morgan fingerprint density at radius 2 is 2.23 bits per heavy atom. The lowest BCUT2D eigenvalue weighted by molar-refractivity contribution is 0.0996. The largest absolute Gasteiger partial charge is 0.364 e. The maximum absolute atomic E-state index is 10.9. The van der Waals surface area contributed by atoms with E-state index in [-0.39, 0.29) is 0 Å². The molecule has 2 aromatic rings. The number of benzene rings is 1. The standard InChI is InChI=1S/C9H7BrN2O/c10-6-3-1-2-5-4-7(9(11)13)12-8(5)6/h1-4,12H,(H2,11,13). The number of fused-ring (bicyclic) bond motifs is 1. The Morgan fingerprint density at radius 1 is 1.46 bits per heavy atom. The molecule has 0 unspecified atom stereocenters. The number of para-hydroxylation sites is 1. The molecular formula is C9H7BrN2O. The third-order valence-electron chi connectivity index (χ3n) is 1.87. The van der Waals surface area contributed by atoms with Gasteiger partial charge >= 0.3 is 0 Å². The van der Waals surface area contributed by atoms with Crippen LogP contribution in [0.1, 0.15) is 10.5 Å². The summed E-state index contributed by atoms with van der Waals surface area (Å²) in [4.78, 5) is 13.8. The Hall–Kier alpha value is -1.29. The van der Waals surface area contributed by atoms with Crippen molar-refractivity contribution < 1.29 is 4.79 Å². The van der Waals surface area contributed by atoms with Gasteiger partial charge in [0.15, 0.2) is 0 Å². The summed E-state index contributed by atoms with van der Waals surface area (Å²) in [5, 5.41) is 0.975. The minimum Gasteiger partial charge on any atom is -0.364 e. The Kier molecular flexibility index (Phi) is 1.84. The molecule has 0 aliphatic rings. The normalized spacial score (nSPS) is 10.5. The van der Waals surface area contributed by atoms with E-state index in [0.717, 1.165) is 15.4 Å². The molecule has 0 saturated heterocycles. The zero-order valence-electron chi connectivity index (χ0n) is 6.67. The molecule has 0 bridgehead atoms. The molecule has 0 radical (unpaired) electrons. The minimum absolute atomic E-state index is 0.432. The number of amides is 1. The lowest BCUT2D eigenvalue weighted by Gasteiger charge is -1.91. The summed E-state index contributed by atoms with van der Waals surface area (Å²) in [6, 6.07) is 7.47. The lowest BCUT2D eigenvalue weighted by atomic mass is 10.2. The van der Waals surface area contributed by atoms with Gasteiger partial charge in [0.1, 0.15) is 5.69 Å². The van der Waals surface area contributed by atoms with E-state index >= 15 is 0 Å². The number of nitrogens with one attached hydrogen (secondary N) is 1. The number of nitrogens with two attached hydrogens (primary N) is 1. The van der Waals surface area contributed by atoms with Crippen LogP contribution in [-0.2, 0) is 0 Å². The van der Waals surface area contributed by atoms with E-state index < -0.39 is 5.91 Å². The van der Waals surface area contributed by atoms with Crippen molar-refractivity contribution in [3.63, 3.8) is 0 Å². The summed E-state index contributed by atoms with van der Waals surface area (Å²) < 4.78 is 0.928. The van der Waals surface area contributed by atoms with Crippen molar-refractivity contribution in [2.75, 3.05) is 0 Å². The van der Waals surface area contributed by atoms with E-state index in [1.165, 1.54) is 0 Å². The van der Waals surface area contributed by atoms with Crippen molar-refractivity contribution >= 4 is 32.7 Å². The second-order valence-corrected chi connectivity index (χ2v) is 3.61. The fraction of sp³-hybridized carbons (Fsp3) is 0. The predicted molar refractivity (Wildman–Crippen MR) is 54.5 cm³/mol. The fourth-order valence-electron chi connectivity index (χ4n) is 1.25. The molecule has 3 nitrogen and oxygen atoms in total. The number of halogens is 1. The molecule has 13 heavy (non-hydrogen) atoms. The van der Waals surface area contributed by atoms with E-state index in [9.17, 15) is 4.79 Å². The van der Waals surface area contributed by atoms with Gasteiger partial charge in [0.05, 0.1) is 5.52 Å². The van der Waals surface area contributed by atoms with Crippen LogP contribution in [0.3, 0.4) is 0 Å². The molecule has 66 valence electrons. The van der Waals surface area contributed by atoms with E-state index in [0.29, 0.717) is 5.69 Å². The smallest absolute Gasteiger partial charge is 0.265 e. The van der Waals surface area contributed by atoms with Gasteiger partial charge in [0.2, 0.25) is 0 Å². The van der Waals surface area contributed by atoms with Crippen LogP contribution in [0.5, 0.6) is 0 Å². The molecule has 1 heterocycles. The fourth-order valence-corrected chi connectivity index (χ4v) is 1.73. The van der Waals surface area contributed by atoms with Gasteiger partial charge in [-0.1, -0.05) is 12.1 Å². The Morgan fingerprint density at radius 3 is 2.85 bits per heavy atom.